The summed E-state index contributed by atoms with van der Waals surface area (Å²) in [6.07, 6.45) is 0.389. The summed E-state index contributed by atoms with van der Waals surface area (Å²) >= 11 is 8.43. The lowest BCUT2D eigenvalue weighted by molar-refractivity contribution is -0.142. The molecule has 35 heavy (non-hydrogen) atoms. The van der Waals surface area contributed by atoms with Crippen LogP contribution in [0.4, 0.5) is 0 Å². The highest BCUT2D eigenvalue weighted by Crippen LogP contribution is 2.19. The number of nitrogens with zero attached hydrogens (tertiary/aromatic N) is 1. The Hall–Kier alpha value is -2.58. The second-order valence-corrected chi connectivity index (χ2v) is 10.4. The quantitative estimate of drug-likeness (QED) is 0.284. The smallest absolute Gasteiger partial charge is 0.261 e. The molecule has 2 amide bonds. The van der Waals surface area contributed by atoms with E-state index in [1.54, 1.807) is 11.0 Å². The number of ether oxygens (including phenoxy) is 1. The molecule has 0 saturated carbocycles. The molecule has 1 atom stereocenters. The lowest BCUT2D eigenvalue weighted by atomic mass is 10.0. The average molecular weight is 605 g/mol. The molecule has 184 valence electrons. The van der Waals surface area contributed by atoms with E-state index < -0.39 is 6.04 Å². The molecule has 0 aromatic heterocycles. The van der Waals surface area contributed by atoms with Crippen molar-refractivity contribution >= 4 is 46.0 Å². The van der Waals surface area contributed by atoms with Crippen molar-refractivity contribution in [3.63, 3.8) is 0 Å². The topological polar surface area (TPSA) is 58.6 Å². The molecule has 3 rings (SSSR count). The molecule has 3 aromatic carbocycles. The van der Waals surface area contributed by atoms with E-state index in [9.17, 15) is 9.59 Å². The molecule has 3 aromatic rings. The van der Waals surface area contributed by atoms with Crippen molar-refractivity contribution in [1.82, 2.24) is 10.2 Å². The van der Waals surface area contributed by atoms with E-state index in [2.05, 4.69) is 27.9 Å². The number of amides is 2. The zero-order valence-electron chi connectivity index (χ0n) is 19.9. The largest absolute Gasteiger partial charge is 0.484 e. The van der Waals surface area contributed by atoms with E-state index in [4.69, 9.17) is 16.3 Å². The molecule has 0 aliphatic heterocycles. The minimum atomic E-state index is -0.706. The third-order valence-corrected chi connectivity index (χ3v) is 6.33. The van der Waals surface area contributed by atoms with Crippen molar-refractivity contribution in [2.24, 2.45) is 5.92 Å². The fraction of sp³-hybridized carbons (Fsp3) is 0.286. The zero-order chi connectivity index (χ0) is 25.2. The number of hydrogen-bond acceptors (Lipinski definition) is 3. The molecule has 0 unspecified atom stereocenters. The first-order chi connectivity index (χ1) is 16.8. The van der Waals surface area contributed by atoms with Crippen molar-refractivity contribution < 1.29 is 14.3 Å². The van der Waals surface area contributed by atoms with Crippen LogP contribution in [0.25, 0.3) is 0 Å². The molecule has 5 nitrogen and oxygen atoms in total. The maximum Gasteiger partial charge on any atom is 0.261 e. The van der Waals surface area contributed by atoms with Crippen LogP contribution in [0.5, 0.6) is 5.75 Å². The van der Waals surface area contributed by atoms with Gasteiger partial charge in [0.05, 0.1) is 0 Å². The molecule has 7 heteroatoms. The van der Waals surface area contributed by atoms with Crippen LogP contribution in [0.2, 0.25) is 5.02 Å². The number of rotatable bonds is 11. The fourth-order valence-corrected chi connectivity index (χ4v) is 4.14. The Labute approximate surface area is 226 Å². The Morgan fingerprint density at radius 2 is 1.66 bits per heavy atom. The van der Waals surface area contributed by atoms with Gasteiger partial charge in [-0.25, -0.2) is 0 Å². The van der Waals surface area contributed by atoms with Crippen molar-refractivity contribution in [3.05, 3.63) is 98.6 Å². The van der Waals surface area contributed by atoms with E-state index in [1.807, 2.05) is 86.6 Å². The third kappa shape index (κ3) is 8.85. The Kier molecular flexibility index (Phi) is 10.4. The summed E-state index contributed by atoms with van der Waals surface area (Å²) < 4.78 is 6.87. The lowest BCUT2D eigenvalue weighted by Crippen LogP contribution is -2.52. The predicted octanol–water partition coefficient (Wildman–Crippen LogP) is 5.74. The van der Waals surface area contributed by atoms with E-state index in [0.717, 1.165) is 14.7 Å². The van der Waals surface area contributed by atoms with Gasteiger partial charge in [0.1, 0.15) is 11.8 Å². The van der Waals surface area contributed by atoms with Crippen molar-refractivity contribution in [2.45, 2.75) is 32.9 Å². The minimum Gasteiger partial charge on any atom is -0.484 e. The van der Waals surface area contributed by atoms with Crippen LogP contribution < -0.4 is 10.1 Å². The van der Waals surface area contributed by atoms with E-state index >= 15 is 0 Å². The van der Waals surface area contributed by atoms with Gasteiger partial charge in [0.2, 0.25) is 5.91 Å². The molecular formula is C28H30ClIN2O3. The molecule has 0 heterocycles. The van der Waals surface area contributed by atoms with Crippen molar-refractivity contribution in [1.29, 1.82) is 0 Å². The highest BCUT2D eigenvalue weighted by molar-refractivity contribution is 14.1. The SMILES string of the molecule is CC(C)CNC(=O)[C@H](Cc1ccccc1)N(Cc1cccc(Cl)c1)C(=O)COc1ccc(I)cc1. The van der Waals surface area contributed by atoms with Crippen LogP contribution >= 0.6 is 34.2 Å². The Balaban J connectivity index is 1.89. The summed E-state index contributed by atoms with van der Waals surface area (Å²) in [5.74, 6) is 0.430. The summed E-state index contributed by atoms with van der Waals surface area (Å²) in [6, 6.07) is 23.8. The van der Waals surface area contributed by atoms with E-state index in [0.29, 0.717) is 23.7 Å². The van der Waals surface area contributed by atoms with Gasteiger partial charge in [-0.1, -0.05) is 67.9 Å². The first kappa shape index (κ1) is 27.0. The molecule has 0 aliphatic carbocycles. The molecular weight excluding hydrogens is 575 g/mol. The highest BCUT2D eigenvalue weighted by Gasteiger charge is 2.30. The van der Waals surface area contributed by atoms with Gasteiger partial charge < -0.3 is 15.0 Å². The fourth-order valence-electron chi connectivity index (χ4n) is 3.57. The summed E-state index contributed by atoms with van der Waals surface area (Å²) in [5, 5.41) is 3.59. The first-order valence-electron chi connectivity index (χ1n) is 11.6. The normalized spacial score (nSPS) is 11.7. The number of carbonyl (C=O) groups excluding carboxylic acids is 2. The van der Waals surface area contributed by atoms with Gasteiger partial charge in [-0.15, -0.1) is 0 Å². The van der Waals surface area contributed by atoms with Crippen LogP contribution in [-0.4, -0.2) is 35.9 Å². The second kappa shape index (κ2) is 13.5. The van der Waals surface area contributed by atoms with Crippen LogP contribution in [0.1, 0.15) is 25.0 Å². The summed E-state index contributed by atoms with van der Waals surface area (Å²) in [5.41, 5.74) is 1.81. The Morgan fingerprint density at radius 3 is 2.31 bits per heavy atom. The van der Waals surface area contributed by atoms with E-state index in [-0.39, 0.29) is 30.9 Å². The number of hydrogen-bond donors (Lipinski definition) is 1. The molecule has 1 N–H and O–H groups in total. The number of carbonyl (C=O) groups is 2. The summed E-state index contributed by atoms with van der Waals surface area (Å²) in [7, 11) is 0. The Bertz CT molecular complexity index is 1110. The van der Waals surface area contributed by atoms with Crippen LogP contribution in [0.15, 0.2) is 78.9 Å². The second-order valence-electron chi connectivity index (χ2n) is 8.74. The lowest BCUT2D eigenvalue weighted by Gasteiger charge is -2.31. The standard InChI is InChI=1S/C28H30ClIN2O3/c1-20(2)17-31-28(34)26(16-21-7-4-3-5-8-21)32(18-22-9-6-10-23(29)15-22)27(33)19-35-25-13-11-24(30)12-14-25/h3-15,20,26H,16-19H2,1-2H3,(H,31,34)/t26-/m0/s1. The number of nitrogens with one attached hydrogen (secondary N) is 1. The minimum absolute atomic E-state index is 0.177. The van der Waals surface area contributed by atoms with Crippen molar-refractivity contribution in [2.75, 3.05) is 13.2 Å². The predicted molar refractivity (Wildman–Crippen MR) is 148 cm³/mol. The highest BCUT2D eigenvalue weighted by atomic mass is 127. The Morgan fingerprint density at radius 1 is 0.971 bits per heavy atom. The summed E-state index contributed by atoms with van der Waals surface area (Å²) in [4.78, 5) is 28.5. The monoisotopic (exact) mass is 604 g/mol. The van der Waals surface area contributed by atoms with Gasteiger partial charge in [0, 0.05) is 28.1 Å². The molecule has 0 bridgehead atoms. The maximum atomic E-state index is 13.5. The van der Waals surface area contributed by atoms with Gasteiger partial charge in [-0.3, -0.25) is 9.59 Å². The van der Waals surface area contributed by atoms with Crippen molar-refractivity contribution in [3.8, 4) is 5.75 Å². The zero-order valence-corrected chi connectivity index (χ0v) is 22.8. The first-order valence-corrected chi connectivity index (χ1v) is 13.0. The van der Waals surface area contributed by atoms with Crippen LogP contribution in [0, 0.1) is 9.49 Å². The molecule has 0 spiro atoms. The number of benzene rings is 3. The molecule has 0 fully saturated rings. The third-order valence-electron chi connectivity index (χ3n) is 5.37. The van der Waals surface area contributed by atoms with Gasteiger partial charge in [-0.2, -0.15) is 0 Å². The molecule has 0 aliphatic rings. The van der Waals surface area contributed by atoms with Crippen LogP contribution in [-0.2, 0) is 22.6 Å². The maximum absolute atomic E-state index is 13.5. The van der Waals surface area contributed by atoms with Gasteiger partial charge >= 0.3 is 0 Å². The molecule has 0 saturated heterocycles. The van der Waals surface area contributed by atoms with Crippen LogP contribution in [0.3, 0.4) is 0 Å². The average Bonchev–Trinajstić information content (AvgIpc) is 2.85. The number of halogens is 2. The van der Waals surface area contributed by atoms with Gasteiger partial charge in [-0.05, 0) is 76.0 Å². The van der Waals surface area contributed by atoms with E-state index in [1.165, 1.54) is 0 Å². The molecule has 0 radical (unpaired) electrons. The van der Waals surface area contributed by atoms with Gasteiger partial charge in [0.15, 0.2) is 6.61 Å². The summed E-state index contributed by atoms with van der Waals surface area (Å²) in [6.45, 7) is 4.67. The van der Waals surface area contributed by atoms with Gasteiger partial charge in [0.25, 0.3) is 5.91 Å².